The second kappa shape index (κ2) is 6.53. The third-order valence-corrected chi connectivity index (χ3v) is 3.32. The molecule has 0 spiro atoms. The summed E-state index contributed by atoms with van der Waals surface area (Å²) in [6, 6.07) is 0.831. The lowest BCUT2D eigenvalue weighted by Crippen LogP contribution is -2.32. The van der Waals surface area contributed by atoms with E-state index in [1.54, 1.807) is 6.92 Å². The maximum absolute atomic E-state index is 13.3. The minimum Gasteiger partial charge on any atom is -0.384 e. The lowest BCUT2D eigenvalue weighted by atomic mass is 10.1. The normalized spacial score (nSPS) is 12.0. The zero-order valence-corrected chi connectivity index (χ0v) is 12.7. The van der Waals surface area contributed by atoms with Gasteiger partial charge in [0.1, 0.15) is 5.65 Å². The summed E-state index contributed by atoms with van der Waals surface area (Å²) >= 11 is 0. The van der Waals surface area contributed by atoms with Crippen molar-refractivity contribution in [3.8, 4) is 0 Å². The monoisotopic (exact) mass is 331 g/mol. The zero-order valence-electron chi connectivity index (χ0n) is 12.7. The van der Waals surface area contributed by atoms with Crippen molar-refractivity contribution in [2.45, 2.75) is 32.5 Å². The van der Waals surface area contributed by atoms with E-state index in [-0.39, 0.29) is 30.9 Å². The maximum Gasteiger partial charge on any atom is 0.417 e. The Balaban J connectivity index is 2.89. The number of nitrogens with one attached hydrogen (secondary N) is 1. The van der Waals surface area contributed by atoms with Gasteiger partial charge < -0.3 is 4.74 Å². The molecule has 2 heterocycles. The first-order valence-corrected chi connectivity index (χ1v) is 7.02. The molecule has 2 aromatic heterocycles. The maximum atomic E-state index is 13.3. The minimum absolute atomic E-state index is 0.113. The topological polar surface area (TPSA) is 77.0 Å². The van der Waals surface area contributed by atoms with Crippen LogP contribution in [0.5, 0.6) is 0 Å². The summed E-state index contributed by atoms with van der Waals surface area (Å²) < 4.78 is 45.9. The molecule has 126 valence electrons. The molecule has 23 heavy (non-hydrogen) atoms. The average Bonchev–Trinajstić information content (AvgIpc) is 2.47. The summed E-state index contributed by atoms with van der Waals surface area (Å²) in [5.74, 6) is 0. The molecule has 9 heteroatoms. The third-order valence-electron chi connectivity index (χ3n) is 3.32. The number of H-pyrrole nitrogens is 1. The van der Waals surface area contributed by atoms with E-state index in [2.05, 4.69) is 4.98 Å². The van der Waals surface area contributed by atoms with Crippen LogP contribution in [-0.4, -0.2) is 28.3 Å². The number of alkyl halides is 3. The number of aryl methyl sites for hydroxylation is 1. The molecule has 0 saturated heterocycles. The Hall–Kier alpha value is -2.16. The van der Waals surface area contributed by atoms with Crippen LogP contribution in [0.15, 0.2) is 15.7 Å². The predicted molar refractivity (Wildman–Crippen MR) is 77.5 cm³/mol. The van der Waals surface area contributed by atoms with Crippen LogP contribution in [0.3, 0.4) is 0 Å². The zero-order chi connectivity index (χ0) is 17.2. The van der Waals surface area contributed by atoms with Gasteiger partial charge in [0.15, 0.2) is 0 Å². The molecule has 2 aromatic rings. The summed E-state index contributed by atoms with van der Waals surface area (Å²) in [6.07, 6.45) is -4.08. The molecule has 1 N–H and O–H groups in total. The quantitative estimate of drug-likeness (QED) is 0.905. The van der Waals surface area contributed by atoms with Crippen molar-refractivity contribution in [3.05, 3.63) is 38.2 Å². The molecule has 0 aromatic carbocycles. The van der Waals surface area contributed by atoms with Crippen LogP contribution < -0.4 is 11.2 Å². The number of hydrogen-bond acceptors (Lipinski definition) is 4. The van der Waals surface area contributed by atoms with Gasteiger partial charge in [0.05, 0.1) is 17.6 Å². The standard InChI is InChI=1S/C14H16F3N3O3/c1-3-5-20-11-10(12(21)19-13(20)22)9(14(15,16)17)7-8(18-11)4-6-23-2/h7H,3-6H2,1-2H3,(H,19,21,22). The fourth-order valence-electron chi connectivity index (χ4n) is 2.32. The molecule has 0 aliphatic rings. The number of rotatable bonds is 5. The molecule has 0 saturated carbocycles. The fraction of sp³-hybridized carbons (Fsp3) is 0.500. The first kappa shape index (κ1) is 17.2. The van der Waals surface area contributed by atoms with Crippen LogP contribution in [0.2, 0.25) is 0 Å². The molecule has 0 unspecified atom stereocenters. The van der Waals surface area contributed by atoms with Crippen molar-refractivity contribution in [2.24, 2.45) is 0 Å². The van der Waals surface area contributed by atoms with Crippen LogP contribution in [0.4, 0.5) is 13.2 Å². The number of halogens is 3. The molecular formula is C14H16F3N3O3. The van der Waals surface area contributed by atoms with E-state index in [4.69, 9.17) is 4.74 Å². The van der Waals surface area contributed by atoms with Crippen molar-refractivity contribution in [3.63, 3.8) is 0 Å². The van der Waals surface area contributed by atoms with Crippen molar-refractivity contribution in [2.75, 3.05) is 13.7 Å². The van der Waals surface area contributed by atoms with Gasteiger partial charge in [0, 0.05) is 25.8 Å². The van der Waals surface area contributed by atoms with E-state index < -0.39 is 28.4 Å². The number of pyridine rings is 1. The van der Waals surface area contributed by atoms with Gasteiger partial charge in [-0.2, -0.15) is 13.2 Å². The van der Waals surface area contributed by atoms with Crippen LogP contribution in [-0.2, 0) is 23.9 Å². The van der Waals surface area contributed by atoms with Crippen LogP contribution in [0.25, 0.3) is 11.0 Å². The molecule has 0 atom stereocenters. The Morgan fingerprint density at radius 2 is 2.04 bits per heavy atom. The Kier molecular flexibility index (Phi) is 4.88. The van der Waals surface area contributed by atoms with E-state index in [0.29, 0.717) is 6.42 Å². The molecule has 6 nitrogen and oxygen atoms in total. The SMILES string of the molecule is CCCn1c(=O)[nH]c(=O)c2c(C(F)(F)F)cc(CCOC)nc21. The largest absolute Gasteiger partial charge is 0.417 e. The average molecular weight is 331 g/mol. The fourth-order valence-corrected chi connectivity index (χ4v) is 2.32. The molecule has 0 aliphatic carbocycles. The first-order valence-electron chi connectivity index (χ1n) is 7.02. The number of hydrogen-bond donors (Lipinski definition) is 1. The Morgan fingerprint density at radius 3 is 2.61 bits per heavy atom. The molecule has 0 amide bonds. The highest BCUT2D eigenvalue weighted by Gasteiger charge is 2.35. The number of fused-ring (bicyclic) bond motifs is 1. The van der Waals surface area contributed by atoms with Crippen LogP contribution in [0, 0.1) is 0 Å². The lowest BCUT2D eigenvalue weighted by Gasteiger charge is -2.14. The van der Waals surface area contributed by atoms with Crippen molar-refractivity contribution >= 4 is 11.0 Å². The van der Waals surface area contributed by atoms with Gasteiger partial charge in [-0.3, -0.25) is 14.3 Å². The number of methoxy groups -OCH3 is 1. The summed E-state index contributed by atoms with van der Waals surface area (Å²) in [5.41, 5.74) is -3.09. The summed E-state index contributed by atoms with van der Waals surface area (Å²) in [4.78, 5) is 29.8. The summed E-state index contributed by atoms with van der Waals surface area (Å²) in [7, 11) is 1.42. The van der Waals surface area contributed by atoms with Crippen molar-refractivity contribution in [1.29, 1.82) is 0 Å². The van der Waals surface area contributed by atoms with E-state index in [9.17, 15) is 22.8 Å². The molecule has 0 fully saturated rings. The van der Waals surface area contributed by atoms with Gasteiger partial charge in [-0.1, -0.05) is 6.92 Å². The van der Waals surface area contributed by atoms with Crippen molar-refractivity contribution < 1.29 is 17.9 Å². The molecule has 0 radical (unpaired) electrons. The summed E-state index contributed by atoms with van der Waals surface area (Å²) in [6.45, 7) is 2.10. The summed E-state index contributed by atoms with van der Waals surface area (Å²) in [5, 5.41) is -0.619. The van der Waals surface area contributed by atoms with E-state index in [1.165, 1.54) is 7.11 Å². The molecule has 0 bridgehead atoms. The second-order valence-corrected chi connectivity index (χ2v) is 5.01. The van der Waals surface area contributed by atoms with Gasteiger partial charge in [0.25, 0.3) is 5.56 Å². The van der Waals surface area contributed by atoms with Gasteiger partial charge in [-0.05, 0) is 12.5 Å². The second-order valence-electron chi connectivity index (χ2n) is 5.01. The van der Waals surface area contributed by atoms with E-state index in [0.717, 1.165) is 10.6 Å². The lowest BCUT2D eigenvalue weighted by molar-refractivity contribution is -0.136. The minimum atomic E-state index is -4.73. The number of aromatic nitrogens is 3. The third kappa shape index (κ3) is 3.44. The predicted octanol–water partition coefficient (Wildman–Crippen LogP) is 1.70. The Labute approximate surface area is 128 Å². The Morgan fingerprint density at radius 1 is 1.35 bits per heavy atom. The number of nitrogens with zero attached hydrogens (tertiary/aromatic N) is 2. The van der Waals surface area contributed by atoms with Gasteiger partial charge in [0.2, 0.25) is 0 Å². The number of aromatic amines is 1. The van der Waals surface area contributed by atoms with Crippen molar-refractivity contribution in [1.82, 2.24) is 14.5 Å². The highest BCUT2D eigenvalue weighted by molar-refractivity contribution is 5.79. The first-order chi connectivity index (χ1) is 10.8. The van der Waals surface area contributed by atoms with E-state index in [1.807, 2.05) is 4.98 Å². The smallest absolute Gasteiger partial charge is 0.384 e. The van der Waals surface area contributed by atoms with Gasteiger partial charge >= 0.3 is 11.9 Å². The molecule has 0 aliphatic heterocycles. The van der Waals surface area contributed by atoms with E-state index >= 15 is 0 Å². The molecule has 2 rings (SSSR count). The van der Waals surface area contributed by atoms with Crippen LogP contribution in [0.1, 0.15) is 24.6 Å². The highest BCUT2D eigenvalue weighted by atomic mass is 19.4. The van der Waals surface area contributed by atoms with Gasteiger partial charge in [-0.15, -0.1) is 0 Å². The molecular weight excluding hydrogens is 315 g/mol. The van der Waals surface area contributed by atoms with Gasteiger partial charge in [-0.25, -0.2) is 9.78 Å². The number of ether oxygens (including phenoxy) is 1. The van der Waals surface area contributed by atoms with Crippen LogP contribution >= 0.6 is 0 Å². The Bertz CT molecular complexity index is 824. The highest BCUT2D eigenvalue weighted by Crippen LogP contribution is 2.33.